The second-order valence-electron chi connectivity index (χ2n) is 2.67. The molecule has 1 rings (SSSR count). The Balaban J connectivity index is 2.17. The van der Waals surface area contributed by atoms with E-state index < -0.39 is 0 Å². The van der Waals surface area contributed by atoms with Crippen LogP contribution in [0, 0.1) is 0 Å². The smallest absolute Gasteiger partial charge is 0.0191 e. The van der Waals surface area contributed by atoms with Crippen LogP contribution in [0.2, 0.25) is 0 Å². The monoisotopic (exact) mass is 178 g/mol. The van der Waals surface area contributed by atoms with E-state index in [0.29, 0.717) is 10.5 Å². The standard InChI is InChI=1S/C6H14N2S2/c7-9-5-1-2-6(10-8)4-3-5/h5-6H,1-4,7-8H2. The fourth-order valence-corrected chi connectivity index (χ4v) is 2.39. The minimum Gasteiger partial charge on any atom is -0.278 e. The second kappa shape index (κ2) is 4.49. The third kappa shape index (κ3) is 2.34. The van der Waals surface area contributed by atoms with Gasteiger partial charge in [-0.15, -0.1) is 0 Å². The summed E-state index contributed by atoms with van der Waals surface area (Å²) in [7, 11) is 0. The Hall–Kier alpha value is 0.620. The van der Waals surface area contributed by atoms with Crippen molar-refractivity contribution >= 4 is 23.9 Å². The molecule has 0 aliphatic heterocycles. The Bertz CT molecular complexity index is 79.7. The molecular formula is C6H14N2S2. The quantitative estimate of drug-likeness (QED) is 0.629. The third-order valence-electron chi connectivity index (χ3n) is 2.01. The molecule has 0 amide bonds. The van der Waals surface area contributed by atoms with Crippen molar-refractivity contribution in [2.45, 2.75) is 36.2 Å². The van der Waals surface area contributed by atoms with Crippen LogP contribution in [-0.4, -0.2) is 10.5 Å². The summed E-state index contributed by atoms with van der Waals surface area (Å²) in [6.07, 6.45) is 4.98. The van der Waals surface area contributed by atoms with Crippen LogP contribution < -0.4 is 10.3 Å². The van der Waals surface area contributed by atoms with Gasteiger partial charge in [0.1, 0.15) is 0 Å². The van der Waals surface area contributed by atoms with E-state index in [1.807, 2.05) is 0 Å². The first kappa shape index (κ1) is 8.71. The summed E-state index contributed by atoms with van der Waals surface area (Å²) in [5.41, 5.74) is 0. The van der Waals surface area contributed by atoms with Gasteiger partial charge in [-0.3, -0.25) is 10.3 Å². The van der Waals surface area contributed by atoms with Gasteiger partial charge in [-0.2, -0.15) is 0 Å². The molecule has 2 nitrogen and oxygen atoms in total. The lowest BCUT2D eigenvalue weighted by Crippen LogP contribution is -2.20. The predicted octanol–water partition coefficient (Wildman–Crippen LogP) is 1.51. The Labute approximate surface area is 70.8 Å². The molecule has 1 saturated carbocycles. The van der Waals surface area contributed by atoms with Gasteiger partial charge in [0.15, 0.2) is 0 Å². The summed E-state index contributed by atoms with van der Waals surface area (Å²) < 4.78 is 0. The van der Waals surface area contributed by atoms with E-state index in [1.165, 1.54) is 49.6 Å². The van der Waals surface area contributed by atoms with Crippen molar-refractivity contribution in [2.24, 2.45) is 10.3 Å². The van der Waals surface area contributed by atoms with Crippen LogP contribution in [0.5, 0.6) is 0 Å². The van der Waals surface area contributed by atoms with Crippen molar-refractivity contribution in [1.29, 1.82) is 0 Å². The average Bonchev–Trinajstić information content (AvgIpc) is 2.05. The van der Waals surface area contributed by atoms with Gasteiger partial charge in [0, 0.05) is 10.5 Å². The minimum absolute atomic E-state index is 0.698. The van der Waals surface area contributed by atoms with E-state index in [2.05, 4.69) is 0 Å². The Kier molecular flexibility index (Phi) is 3.91. The van der Waals surface area contributed by atoms with Crippen LogP contribution in [0.15, 0.2) is 0 Å². The van der Waals surface area contributed by atoms with Crippen molar-refractivity contribution in [3.63, 3.8) is 0 Å². The largest absolute Gasteiger partial charge is 0.278 e. The van der Waals surface area contributed by atoms with Crippen LogP contribution in [0.1, 0.15) is 25.7 Å². The molecule has 0 atom stereocenters. The van der Waals surface area contributed by atoms with Gasteiger partial charge in [-0.25, -0.2) is 0 Å². The number of hydrogen-bond donors (Lipinski definition) is 2. The lowest BCUT2D eigenvalue weighted by Gasteiger charge is -2.24. The molecule has 0 unspecified atom stereocenters. The topological polar surface area (TPSA) is 52.0 Å². The van der Waals surface area contributed by atoms with Crippen LogP contribution in [0.4, 0.5) is 0 Å². The van der Waals surface area contributed by atoms with Crippen LogP contribution in [-0.2, 0) is 0 Å². The van der Waals surface area contributed by atoms with Crippen LogP contribution >= 0.6 is 23.9 Å². The molecule has 1 aliphatic carbocycles. The Morgan fingerprint density at radius 3 is 1.30 bits per heavy atom. The number of nitrogens with two attached hydrogens (primary N) is 2. The molecule has 1 fully saturated rings. The minimum atomic E-state index is 0.698. The highest BCUT2D eigenvalue weighted by atomic mass is 32.2. The molecule has 0 aromatic heterocycles. The highest BCUT2D eigenvalue weighted by Crippen LogP contribution is 2.29. The maximum Gasteiger partial charge on any atom is 0.0191 e. The lowest BCUT2D eigenvalue weighted by atomic mass is 10.00. The van der Waals surface area contributed by atoms with Gasteiger partial charge in [0.05, 0.1) is 0 Å². The fraction of sp³-hybridized carbons (Fsp3) is 1.00. The first-order valence-electron chi connectivity index (χ1n) is 3.58. The summed E-state index contributed by atoms with van der Waals surface area (Å²) in [4.78, 5) is 0. The normalized spacial score (nSPS) is 34.2. The van der Waals surface area contributed by atoms with E-state index in [4.69, 9.17) is 10.3 Å². The summed E-state index contributed by atoms with van der Waals surface area (Å²) >= 11 is 3.02. The van der Waals surface area contributed by atoms with Gasteiger partial charge in [-0.1, -0.05) is 23.9 Å². The summed E-state index contributed by atoms with van der Waals surface area (Å²) in [5, 5.41) is 12.3. The maximum absolute atomic E-state index is 5.47. The molecular weight excluding hydrogens is 164 g/mol. The fourth-order valence-electron chi connectivity index (χ4n) is 1.30. The molecule has 10 heavy (non-hydrogen) atoms. The molecule has 4 heteroatoms. The molecule has 0 heterocycles. The Morgan fingerprint density at radius 1 is 0.800 bits per heavy atom. The van der Waals surface area contributed by atoms with E-state index in [0.717, 1.165) is 0 Å². The summed E-state index contributed by atoms with van der Waals surface area (Å²) in [6.45, 7) is 0. The van der Waals surface area contributed by atoms with Gasteiger partial charge >= 0.3 is 0 Å². The van der Waals surface area contributed by atoms with Crippen molar-refractivity contribution in [3.05, 3.63) is 0 Å². The van der Waals surface area contributed by atoms with Crippen LogP contribution in [0.25, 0.3) is 0 Å². The summed E-state index contributed by atoms with van der Waals surface area (Å²) in [5.74, 6) is 0. The van der Waals surface area contributed by atoms with E-state index >= 15 is 0 Å². The van der Waals surface area contributed by atoms with E-state index in [1.54, 1.807) is 0 Å². The average molecular weight is 178 g/mol. The molecule has 0 aromatic rings. The molecule has 4 N–H and O–H groups in total. The molecule has 0 aromatic carbocycles. The van der Waals surface area contributed by atoms with Gasteiger partial charge in [0.25, 0.3) is 0 Å². The van der Waals surface area contributed by atoms with Gasteiger partial charge in [0.2, 0.25) is 0 Å². The highest BCUT2D eigenvalue weighted by Gasteiger charge is 2.19. The molecule has 0 saturated heterocycles. The highest BCUT2D eigenvalue weighted by molar-refractivity contribution is 7.98. The zero-order valence-corrected chi connectivity index (χ0v) is 7.59. The lowest BCUT2D eigenvalue weighted by molar-refractivity contribution is 0.528. The first-order valence-corrected chi connectivity index (χ1v) is 5.46. The number of rotatable bonds is 2. The molecule has 0 spiro atoms. The first-order chi connectivity index (χ1) is 4.86. The van der Waals surface area contributed by atoms with Crippen LogP contribution in [0.3, 0.4) is 0 Å². The third-order valence-corrected chi connectivity index (χ3v) is 3.72. The van der Waals surface area contributed by atoms with Crippen molar-refractivity contribution < 1.29 is 0 Å². The Morgan fingerprint density at radius 2 is 1.10 bits per heavy atom. The zero-order valence-electron chi connectivity index (χ0n) is 5.95. The van der Waals surface area contributed by atoms with Crippen molar-refractivity contribution in [1.82, 2.24) is 0 Å². The van der Waals surface area contributed by atoms with E-state index in [9.17, 15) is 0 Å². The maximum atomic E-state index is 5.47. The number of hydrogen-bond acceptors (Lipinski definition) is 4. The zero-order chi connectivity index (χ0) is 7.40. The molecule has 1 aliphatic rings. The van der Waals surface area contributed by atoms with E-state index in [-0.39, 0.29) is 0 Å². The predicted molar refractivity (Wildman–Crippen MR) is 49.6 cm³/mol. The SMILES string of the molecule is NSC1CCC(SN)CC1. The molecule has 0 bridgehead atoms. The molecule has 60 valence electrons. The van der Waals surface area contributed by atoms with Crippen molar-refractivity contribution in [3.8, 4) is 0 Å². The second-order valence-corrected chi connectivity index (χ2v) is 4.55. The van der Waals surface area contributed by atoms with Gasteiger partial charge < -0.3 is 0 Å². The van der Waals surface area contributed by atoms with Crippen molar-refractivity contribution in [2.75, 3.05) is 0 Å². The summed E-state index contributed by atoms with van der Waals surface area (Å²) in [6, 6.07) is 0. The van der Waals surface area contributed by atoms with Gasteiger partial charge in [-0.05, 0) is 25.7 Å². The molecule has 0 radical (unpaired) electrons.